The fourth-order valence-corrected chi connectivity index (χ4v) is 2.89. The molecule has 0 spiro atoms. The molecule has 0 fully saturated rings. The van der Waals surface area contributed by atoms with E-state index in [-0.39, 0.29) is 5.56 Å². The maximum Gasteiger partial charge on any atom is 0.335 e. The van der Waals surface area contributed by atoms with Gasteiger partial charge in [-0.25, -0.2) is 14.8 Å². The lowest BCUT2D eigenvalue weighted by Gasteiger charge is -2.08. The highest BCUT2D eigenvalue weighted by Crippen LogP contribution is 2.16. The van der Waals surface area contributed by atoms with Crippen LogP contribution >= 0.6 is 0 Å². The van der Waals surface area contributed by atoms with E-state index in [0.717, 1.165) is 22.4 Å². The number of anilines is 1. The number of rotatable bonds is 6. The van der Waals surface area contributed by atoms with Crippen LogP contribution in [0.1, 0.15) is 15.9 Å². The van der Waals surface area contributed by atoms with Gasteiger partial charge in [0.15, 0.2) is 0 Å². The number of carbonyl (C=O) groups is 1. The van der Waals surface area contributed by atoms with Crippen LogP contribution in [-0.4, -0.2) is 37.1 Å². The molecule has 27 heavy (non-hydrogen) atoms. The summed E-state index contributed by atoms with van der Waals surface area (Å²) in [5.74, 6) is 0.321. The molecule has 7 heteroatoms. The molecule has 0 saturated heterocycles. The van der Waals surface area contributed by atoms with Crippen molar-refractivity contribution in [1.82, 2.24) is 19.5 Å². The van der Waals surface area contributed by atoms with Crippen molar-refractivity contribution in [3.8, 4) is 5.82 Å². The molecule has 0 radical (unpaired) electrons. The maximum atomic E-state index is 11.0. The highest BCUT2D eigenvalue weighted by molar-refractivity contribution is 5.87. The minimum absolute atomic E-state index is 0.290. The van der Waals surface area contributed by atoms with E-state index in [1.165, 1.54) is 0 Å². The number of benzene rings is 2. The van der Waals surface area contributed by atoms with Gasteiger partial charge in [-0.2, -0.15) is 4.98 Å². The Hall–Kier alpha value is -3.74. The highest BCUT2D eigenvalue weighted by atomic mass is 16.4. The molecule has 2 N–H and O–H groups in total. The van der Waals surface area contributed by atoms with Gasteiger partial charge in [0.05, 0.1) is 16.6 Å². The van der Waals surface area contributed by atoms with Crippen LogP contribution in [0.5, 0.6) is 0 Å². The van der Waals surface area contributed by atoms with Crippen LogP contribution in [0, 0.1) is 0 Å². The Bertz CT molecular complexity index is 1110. The molecule has 0 aliphatic rings. The average molecular weight is 359 g/mol. The summed E-state index contributed by atoms with van der Waals surface area (Å²) in [6.07, 6.45) is 4.11. The number of aromatic nitrogens is 4. The van der Waals surface area contributed by atoms with Crippen LogP contribution < -0.4 is 5.32 Å². The minimum Gasteiger partial charge on any atom is -0.478 e. The molecule has 7 nitrogen and oxygen atoms in total. The predicted octanol–water partition coefficient (Wildman–Crippen LogP) is 3.17. The first-order chi connectivity index (χ1) is 13.2. The molecule has 0 bridgehead atoms. The number of imidazole rings is 1. The molecule has 0 saturated carbocycles. The van der Waals surface area contributed by atoms with Crippen molar-refractivity contribution < 1.29 is 9.90 Å². The number of hydrogen-bond donors (Lipinski definition) is 2. The summed E-state index contributed by atoms with van der Waals surface area (Å²) in [6.45, 7) is 0.594. The molecule has 4 rings (SSSR count). The summed E-state index contributed by atoms with van der Waals surface area (Å²) in [4.78, 5) is 24.2. The first-order valence-corrected chi connectivity index (χ1v) is 8.52. The Kier molecular flexibility index (Phi) is 4.49. The first kappa shape index (κ1) is 16.7. The highest BCUT2D eigenvalue weighted by Gasteiger charge is 2.07. The molecule has 0 aliphatic carbocycles. The second-order valence-electron chi connectivity index (χ2n) is 6.02. The van der Waals surface area contributed by atoms with E-state index in [0.29, 0.717) is 18.9 Å². The summed E-state index contributed by atoms with van der Waals surface area (Å²) in [6, 6.07) is 16.6. The van der Waals surface area contributed by atoms with Gasteiger partial charge in [0.25, 0.3) is 0 Å². The molecule has 0 atom stereocenters. The quantitative estimate of drug-likeness (QED) is 0.549. The summed E-state index contributed by atoms with van der Waals surface area (Å²) in [7, 11) is 0. The summed E-state index contributed by atoms with van der Waals surface area (Å²) in [5.41, 5.74) is 3.12. The van der Waals surface area contributed by atoms with Gasteiger partial charge >= 0.3 is 5.97 Å². The molecule has 2 aromatic carbocycles. The van der Waals surface area contributed by atoms with Gasteiger partial charge in [0.1, 0.15) is 12.1 Å². The average Bonchev–Trinajstić information content (AvgIpc) is 3.13. The second kappa shape index (κ2) is 7.25. The zero-order chi connectivity index (χ0) is 18.6. The zero-order valence-corrected chi connectivity index (χ0v) is 14.4. The van der Waals surface area contributed by atoms with Crippen LogP contribution in [0.15, 0.2) is 67.1 Å². The third-order valence-electron chi connectivity index (χ3n) is 4.21. The van der Waals surface area contributed by atoms with Crippen molar-refractivity contribution in [2.75, 3.05) is 11.9 Å². The smallest absolute Gasteiger partial charge is 0.335 e. The molecular formula is C20H17N5O2. The monoisotopic (exact) mass is 359 g/mol. The predicted molar refractivity (Wildman–Crippen MR) is 102 cm³/mol. The van der Waals surface area contributed by atoms with Crippen LogP contribution in [0.4, 0.5) is 5.95 Å². The molecule has 4 aromatic rings. The molecule has 0 amide bonds. The molecule has 2 aromatic heterocycles. The normalized spacial score (nSPS) is 10.8. The number of carboxylic acid groups (broad SMARTS) is 1. The molecule has 0 unspecified atom stereocenters. The lowest BCUT2D eigenvalue weighted by Crippen LogP contribution is -2.09. The third-order valence-corrected chi connectivity index (χ3v) is 4.21. The van der Waals surface area contributed by atoms with Crippen molar-refractivity contribution in [3.05, 3.63) is 78.2 Å². The van der Waals surface area contributed by atoms with E-state index in [4.69, 9.17) is 5.11 Å². The van der Waals surface area contributed by atoms with Crippen LogP contribution in [0.2, 0.25) is 0 Å². The van der Waals surface area contributed by atoms with E-state index >= 15 is 0 Å². The number of hydrogen-bond acceptors (Lipinski definition) is 5. The van der Waals surface area contributed by atoms with Crippen molar-refractivity contribution in [3.63, 3.8) is 0 Å². The van der Waals surface area contributed by atoms with E-state index in [1.807, 2.05) is 41.0 Å². The Morgan fingerprint density at radius 1 is 1.07 bits per heavy atom. The fraction of sp³-hybridized carbons (Fsp3) is 0.100. The lowest BCUT2D eigenvalue weighted by molar-refractivity contribution is 0.0696. The SMILES string of the molecule is O=C(O)c1cccc(CCNc2nccc(-n3cnc4ccccc43)n2)c1. The maximum absolute atomic E-state index is 11.0. The molecular weight excluding hydrogens is 342 g/mol. The Morgan fingerprint density at radius 3 is 2.85 bits per heavy atom. The van der Waals surface area contributed by atoms with Gasteiger partial charge in [0.2, 0.25) is 5.95 Å². The Labute approximate surface area is 155 Å². The van der Waals surface area contributed by atoms with E-state index < -0.39 is 5.97 Å². The van der Waals surface area contributed by atoms with E-state index in [1.54, 1.807) is 30.7 Å². The lowest BCUT2D eigenvalue weighted by atomic mass is 10.1. The van der Waals surface area contributed by atoms with Crippen LogP contribution in [0.3, 0.4) is 0 Å². The van der Waals surface area contributed by atoms with Crippen LogP contribution in [-0.2, 0) is 6.42 Å². The fourth-order valence-electron chi connectivity index (χ4n) is 2.89. The number of carboxylic acids is 1. The third kappa shape index (κ3) is 3.62. The molecule has 2 heterocycles. The van der Waals surface area contributed by atoms with Gasteiger partial charge in [-0.1, -0.05) is 24.3 Å². The van der Waals surface area contributed by atoms with Crippen molar-refractivity contribution in [2.45, 2.75) is 6.42 Å². The number of aromatic carboxylic acids is 1. The van der Waals surface area contributed by atoms with E-state index in [9.17, 15) is 4.79 Å². The summed E-state index contributed by atoms with van der Waals surface area (Å²) in [5, 5.41) is 12.3. The Balaban J connectivity index is 1.47. The van der Waals surface area contributed by atoms with Gasteiger partial charge in [-0.05, 0) is 42.3 Å². The van der Waals surface area contributed by atoms with Gasteiger partial charge in [-0.3, -0.25) is 4.57 Å². The number of para-hydroxylation sites is 2. The number of nitrogens with zero attached hydrogens (tertiary/aromatic N) is 4. The first-order valence-electron chi connectivity index (χ1n) is 8.52. The summed E-state index contributed by atoms with van der Waals surface area (Å²) >= 11 is 0. The Morgan fingerprint density at radius 2 is 1.96 bits per heavy atom. The molecule has 0 aliphatic heterocycles. The van der Waals surface area contributed by atoms with Crippen molar-refractivity contribution >= 4 is 23.0 Å². The minimum atomic E-state index is -0.923. The summed E-state index contributed by atoms with van der Waals surface area (Å²) < 4.78 is 1.92. The van der Waals surface area contributed by atoms with Crippen molar-refractivity contribution in [1.29, 1.82) is 0 Å². The largest absolute Gasteiger partial charge is 0.478 e. The van der Waals surface area contributed by atoms with Gasteiger partial charge in [0, 0.05) is 12.7 Å². The van der Waals surface area contributed by atoms with Gasteiger partial charge < -0.3 is 10.4 Å². The van der Waals surface area contributed by atoms with Crippen molar-refractivity contribution in [2.24, 2.45) is 0 Å². The number of nitrogens with one attached hydrogen (secondary N) is 1. The van der Waals surface area contributed by atoms with Crippen LogP contribution in [0.25, 0.3) is 16.9 Å². The number of fused-ring (bicyclic) bond motifs is 1. The second-order valence-corrected chi connectivity index (χ2v) is 6.02. The standard InChI is InChI=1S/C20H17N5O2/c26-19(27)15-5-3-4-14(12-15)8-10-21-20-22-11-9-18(24-20)25-13-23-16-6-1-2-7-17(16)25/h1-7,9,11-13H,8,10H2,(H,26,27)(H,21,22,24). The topological polar surface area (TPSA) is 92.9 Å². The molecule has 134 valence electrons. The zero-order valence-electron chi connectivity index (χ0n) is 14.4. The van der Waals surface area contributed by atoms with E-state index in [2.05, 4.69) is 20.3 Å². The van der Waals surface area contributed by atoms with Gasteiger partial charge in [-0.15, -0.1) is 0 Å².